The normalized spacial score (nSPS) is 28.7. The lowest BCUT2D eigenvalue weighted by molar-refractivity contribution is -0.132. The zero-order valence-electron chi connectivity index (χ0n) is 11.7. The largest absolute Gasteiger partial charge is 0.299 e. The summed E-state index contributed by atoms with van der Waals surface area (Å²) in [6.07, 6.45) is 3.21. The van der Waals surface area contributed by atoms with E-state index in [1.54, 1.807) is 0 Å². The van der Waals surface area contributed by atoms with Crippen molar-refractivity contribution in [3.05, 3.63) is 35.9 Å². The van der Waals surface area contributed by atoms with Crippen LogP contribution in [0.4, 0.5) is 0 Å². The molecule has 0 radical (unpaired) electrons. The molecule has 0 bridgehead atoms. The van der Waals surface area contributed by atoms with Gasteiger partial charge in [-0.2, -0.15) is 0 Å². The Labute approximate surface area is 111 Å². The van der Waals surface area contributed by atoms with Crippen LogP contribution >= 0.6 is 0 Å². The average Bonchev–Trinajstić information content (AvgIpc) is 2.35. The Hall–Kier alpha value is -1.11. The van der Waals surface area contributed by atoms with E-state index in [-0.39, 0.29) is 11.8 Å². The van der Waals surface area contributed by atoms with Crippen LogP contribution < -0.4 is 0 Å². The zero-order chi connectivity index (χ0) is 13.1. The van der Waals surface area contributed by atoms with Gasteiger partial charge < -0.3 is 0 Å². The molecule has 0 aromatic heterocycles. The molecule has 1 aromatic rings. The van der Waals surface area contributed by atoms with E-state index in [0.717, 1.165) is 12.8 Å². The van der Waals surface area contributed by atoms with Gasteiger partial charge in [0, 0.05) is 11.8 Å². The molecule has 1 aliphatic rings. The van der Waals surface area contributed by atoms with E-state index in [2.05, 4.69) is 45.0 Å². The molecule has 0 spiro atoms. The number of hydrogen-bond acceptors (Lipinski definition) is 1. The van der Waals surface area contributed by atoms with Crippen LogP contribution in [0, 0.1) is 23.7 Å². The Morgan fingerprint density at radius 3 is 2.44 bits per heavy atom. The maximum Gasteiger partial charge on any atom is 0.139 e. The van der Waals surface area contributed by atoms with E-state index in [9.17, 15) is 4.79 Å². The fourth-order valence-corrected chi connectivity index (χ4v) is 3.17. The van der Waals surface area contributed by atoms with Crippen molar-refractivity contribution in [1.29, 1.82) is 0 Å². The lowest BCUT2D eigenvalue weighted by Crippen LogP contribution is -2.37. The highest BCUT2D eigenvalue weighted by atomic mass is 16.1. The van der Waals surface area contributed by atoms with Gasteiger partial charge >= 0.3 is 0 Å². The van der Waals surface area contributed by atoms with Crippen molar-refractivity contribution in [1.82, 2.24) is 0 Å². The fraction of sp³-hybridized carbons (Fsp3) is 0.588. The van der Waals surface area contributed by atoms with Crippen molar-refractivity contribution in [3.63, 3.8) is 0 Å². The highest BCUT2D eigenvalue weighted by molar-refractivity contribution is 5.85. The van der Waals surface area contributed by atoms with Crippen molar-refractivity contribution in [2.24, 2.45) is 23.7 Å². The van der Waals surface area contributed by atoms with Crippen LogP contribution in [0.5, 0.6) is 0 Å². The van der Waals surface area contributed by atoms with Gasteiger partial charge in [0.2, 0.25) is 0 Å². The van der Waals surface area contributed by atoms with Crippen LogP contribution in [0.3, 0.4) is 0 Å². The van der Waals surface area contributed by atoms with E-state index in [0.29, 0.717) is 17.6 Å². The molecule has 0 unspecified atom stereocenters. The molecule has 1 saturated carbocycles. The summed E-state index contributed by atoms with van der Waals surface area (Å²) < 4.78 is 0. The molecular formula is C17H24O. The maximum atomic E-state index is 12.6. The Morgan fingerprint density at radius 2 is 1.83 bits per heavy atom. The highest BCUT2D eigenvalue weighted by Crippen LogP contribution is 2.36. The minimum atomic E-state index is 0.230. The number of hydrogen-bond donors (Lipinski definition) is 0. The standard InChI is InChI=1S/C17H24O/c1-12(2)15-10-9-13(3)16(17(15)18)11-14-7-5-4-6-8-14/h4-8,12-13,15-16H,9-11H2,1-3H3/t13-,15+,16-/m1/s1. The topological polar surface area (TPSA) is 17.1 Å². The molecule has 1 aromatic carbocycles. The molecule has 1 heteroatoms. The molecule has 0 aliphatic heterocycles. The van der Waals surface area contributed by atoms with E-state index >= 15 is 0 Å². The lowest BCUT2D eigenvalue weighted by Gasteiger charge is -2.35. The third kappa shape index (κ3) is 2.82. The Kier molecular flexibility index (Phi) is 4.21. The zero-order valence-corrected chi connectivity index (χ0v) is 11.7. The summed E-state index contributed by atoms with van der Waals surface area (Å²) in [5.74, 6) is 2.05. The second kappa shape index (κ2) is 5.69. The maximum absolute atomic E-state index is 12.6. The van der Waals surface area contributed by atoms with Gasteiger partial charge in [-0.3, -0.25) is 4.79 Å². The minimum Gasteiger partial charge on any atom is -0.299 e. The molecular weight excluding hydrogens is 220 g/mol. The third-order valence-corrected chi connectivity index (χ3v) is 4.45. The third-order valence-electron chi connectivity index (χ3n) is 4.45. The van der Waals surface area contributed by atoms with E-state index in [1.807, 2.05) is 6.07 Å². The molecule has 18 heavy (non-hydrogen) atoms. The van der Waals surface area contributed by atoms with Gasteiger partial charge in [-0.1, -0.05) is 51.1 Å². The fourth-order valence-electron chi connectivity index (χ4n) is 3.17. The van der Waals surface area contributed by atoms with Gasteiger partial charge in [-0.25, -0.2) is 0 Å². The molecule has 1 nitrogen and oxygen atoms in total. The first-order valence-electron chi connectivity index (χ1n) is 7.17. The van der Waals surface area contributed by atoms with Crippen LogP contribution in [0.2, 0.25) is 0 Å². The Bertz CT molecular complexity index is 393. The summed E-state index contributed by atoms with van der Waals surface area (Å²) in [5, 5.41) is 0. The number of Topliss-reactive ketones (excluding diaryl/α,β-unsaturated/α-hetero) is 1. The average molecular weight is 244 g/mol. The summed E-state index contributed by atoms with van der Waals surface area (Å²) in [4.78, 5) is 12.6. The summed E-state index contributed by atoms with van der Waals surface area (Å²) >= 11 is 0. The van der Waals surface area contributed by atoms with Crippen molar-refractivity contribution < 1.29 is 4.79 Å². The SMILES string of the molecule is CC(C)[C@@H]1CC[C@@H](C)[C@@H](Cc2ccccc2)C1=O. The predicted octanol–water partition coefficient (Wildman–Crippen LogP) is 4.12. The number of carbonyl (C=O) groups excluding carboxylic acids is 1. The van der Waals surface area contributed by atoms with Crippen molar-refractivity contribution in [2.45, 2.75) is 40.0 Å². The molecule has 2 rings (SSSR count). The molecule has 0 heterocycles. The monoisotopic (exact) mass is 244 g/mol. The quantitative estimate of drug-likeness (QED) is 0.781. The van der Waals surface area contributed by atoms with Crippen LogP contribution in [-0.4, -0.2) is 5.78 Å². The van der Waals surface area contributed by atoms with Crippen molar-refractivity contribution >= 4 is 5.78 Å². The second-order valence-corrected chi connectivity index (χ2v) is 6.10. The number of ketones is 1. The van der Waals surface area contributed by atoms with Crippen LogP contribution in [0.1, 0.15) is 39.2 Å². The molecule has 0 N–H and O–H groups in total. The van der Waals surface area contributed by atoms with Gasteiger partial charge in [0.1, 0.15) is 5.78 Å². The number of rotatable bonds is 3. The van der Waals surface area contributed by atoms with Gasteiger partial charge in [0.25, 0.3) is 0 Å². The summed E-state index contributed by atoms with van der Waals surface area (Å²) in [7, 11) is 0. The van der Waals surface area contributed by atoms with Crippen LogP contribution in [-0.2, 0) is 11.2 Å². The number of carbonyl (C=O) groups is 1. The minimum absolute atomic E-state index is 0.230. The van der Waals surface area contributed by atoms with Gasteiger partial charge in [-0.05, 0) is 36.7 Å². The van der Waals surface area contributed by atoms with Crippen LogP contribution in [0.25, 0.3) is 0 Å². The smallest absolute Gasteiger partial charge is 0.139 e. The molecule has 3 atom stereocenters. The number of benzene rings is 1. The molecule has 98 valence electrons. The summed E-state index contributed by atoms with van der Waals surface area (Å²) in [6.45, 7) is 6.60. The van der Waals surface area contributed by atoms with Gasteiger partial charge in [0.15, 0.2) is 0 Å². The van der Waals surface area contributed by atoms with Crippen molar-refractivity contribution in [2.75, 3.05) is 0 Å². The predicted molar refractivity (Wildman–Crippen MR) is 75.4 cm³/mol. The van der Waals surface area contributed by atoms with E-state index in [4.69, 9.17) is 0 Å². The Balaban J connectivity index is 2.12. The van der Waals surface area contributed by atoms with Crippen molar-refractivity contribution in [3.8, 4) is 0 Å². The molecule has 1 aliphatic carbocycles. The van der Waals surface area contributed by atoms with E-state index < -0.39 is 0 Å². The molecule has 1 fully saturated rings. The lowest BCUT2D eigenvalue weighted by atomic mass is 9.68. The molecule has 0 saturated heterocycles. The van der Waals surface area contributed by atoms with Gasteiger partial charge in [-0.15, -0.1) is 0 Å². The van der Waals surface area contributed by atoms with Gasteiger partial charge in [0.05, 0.1) is 0 Å². The first-order valence-corrected chi connectivity index (χ1v) is 7.17. The Morgan fingerprint density at radius 1 is 1.17 bits per heavy atom. The van der Waals surface area contributed by atoms with Crippen LogP contribution in [0.15, 0.2) is 30.3 Å². The summed E-state index contributed by atoms with van der Waals surface area (Å²) in [5.41, 5.74) is 1.30. The van der Waals surface area contributed by atoms with E-state index in [1.165, 1.54) is 12.0 Å². The second-order valence-electron chi connectivity index (χ2n) is 6.10. The molecule has 0 amide bonds. The summed E-state index contributed by atoms with van der Waals surface area (Å²) in [6, 6.07) is 10.4. The first-order chi connectivity index (χ1) is 8.59. The highest BCUT2D eigenvalue weighted by Gasteiger charge is 2.36. The first kappa shape index (κ1) is 13.3.